The van der Waals surface area contributed by atoms with Gasteiger partial charge in [-0.05, 0) is 18.6 Å². The fourth-order valence-electron chi connectivity index (χ4n) is 2.42. The van der Waals surface area contributed by atoms with Crippen LogP contribution in [0.4, 0.5) is 0 Å². The SMILES string of the molecule is COCCCNC(=O)CSc1nc2ccccc2c(=O)n1CCNC(C)=O. The molecule has 0 unspecified atom stereocenters. The van der Waals surface area contributed by atoms with Crippen molar-refractivity contribution in [3.05, 3.63) is 34.6 Å². The molecule has 1 aromatic carbocycles. The first-order chi connectivity index (χ1) is 13.0. The number of para-hydroxylation sites is 1. The third kappa shape index (κ3) is 6.37. The van der Waals surface area contributed by atoms with E-state index >= 15 is 0 Å². The molecule has 2 rings (SSSR count). The Morgan fingerprint density at radius 3 is 2.74 bits per heavy atom. The maximum Gasteiger partial charge on any atom is 0.262 e. The summed E-state index contributed by atoms with van der Waals surface area (Å²) < 4.78 is 6.44. The number of fused-ring (bicyclic) bond motifs is 1. The number of amides is 2. The van der Waals surface area contributed by atoms with Crippen LogP contribution in [0.1, 0.15) is 13.3 Å². The van der Waals surface area contributed by atoms with Crippen molar-refractivity contribution in [2.45, 2.75) is 25.0 Å². The number of methoxy groups -OCH3 is 1. The van der Waals surface area contributed by atoms with Crippen LogP contribution in [0.25, 0.3) is 10.9 Å². The van der Waals surface area contributed by atoms with Gasteiger partial charge in [-0.25, -0.2) is 4.98 Å². The van der Waals surface area contributed by atoms with E-state index in [1.807, 2.05) is 6.07 Å². The molecule has 2 amide bonds. The van der Waals surface area contributed by atoms with Gasteiger partial charge in [0.15, 0.2) is 5.16 Å². The zero-order chi connectivity index (χ0) is 19.6. The van der Waals surface area contributed by atoms with E-state index in [9.17, 15) is 14.4 Å². The number of ether oxygens (including phenoxy) is 1. The van der Waals surface area contributed by atoms with E-state index in [0.29, 0.717) is 35.8 Å². The normalized spacial score (nSPS) is 10.7. The number of rotatable bonds is 10. The Balaban J connectivity index is 2.13. The lowest BCUT2D eigenvalue weighted by Crippen LogP contribution is -2.31. The number of thioether (sulfide) groups is 1. The summed E-state index contributed by atoms with van der Waals surface area (Å²) >= 11 is 1.20. The average Bonchev–Trinajstić information content (AvgIpc) is 2.65. The molecule has 0 radical (unpaired) electrons. The van der Waals surface area contributed by atoms with Crippen molar-refractivity contribution in [3.8, 4) is 0 Å². The van der Waals surface area contributed by atoms with Crippen molar-refractivity contribution in [2.75, 3.05) is 32.6 Å². The Labute approximate surface area is 161 Å². The summed E-state index contributed by atoms with van der Waals surface area (Å²) in [6, 6.07) is 7.08. The van der Waals surface area contributed by atoms with Crippen LogP contribution < -0.4 is 16.2 Å². The highest BCUT2D eigenvalue weighted by Crippen LogP contribution is 2.17. The Kier molecular flexibility index (Phi) is 8.28. The predicted molar refractivity (Wildman–Crippen MR) is 105 cm³/mol. The molecule has 0 aliphatic carbocycles. The minimum atomic E-state index is -0.186. The van der Waals surface area contributed by atoms with Crippen LogP contribution in [0.15, 0.2) is 34.2 Å². The fraction of sp³-hybridized carbons (Fsp3) is 0.444. The molecular formula is C18H24N4O4S. The maximum absolute atomic E-state index is 12.8. The van der Waals surface area contributed by atoms with Crippen molar-refractivity contribution in [2.24, 2.45) is 0 Å². The number of nitrogens with one attached hydrogen (secondary N) is 2. The Morgan fingerprint density at radius 1 is 1.22 bits per heavy atom. The number of hydrogen-bond donors (Lipinski definition) is 2. The third-order valence-electron chi connectivity index (χ3n) is 3.72. The topological polar surface area (TPSA) is 102 Å². The molecule has 0 saturated heterocycles. The summed E-state index contributed by atoms with van der Waals surface area (Å²) in [5.74, 6) is -0.147. The highest BCUT2D eigenvalue weighted by molar-refractivity contribution is 7.99. The van der Waals surface area contributed by atoms with E-state index in [2.05, 4.69) is 15.6 Å². The monoisotopic (exact) mass is 392 g/mol. The summed E-state index contributed by atoms with van der Waals surface area (Å²) in [5, 5.41) is 6.44. The van der Waals surface area contributed by atoms with Gasteiger partial charge in [0.05, 0.1) is 16.7 Å². The van der Waals surface area contributed by atoms with Crippen molar-refractivity contribution >= 4 is 34.5 Å². The third-order valence-corrected chi connectivity index (χ3v) is 4.69. The van der Waals surface area contributed by atoms with Crippen LogP contribution in [0.5, 0.6) is 0 Å². The van der Waals surface area contributed by atoms with Gasteiger partial charge in [0, 0.05) is 40.3 Å². The van der Waals surface area contributed by atoms with Gasteiger partial charge in [-0.1, -0.05) is 23.9 Å². The first kappa shape index (κ1) is 20.9. The summed E-state index contributed by atoms with van der Waals surface area (Å²) in [4.78, 5) is 40.4. The van der Waals surface area contributed by atoms with E-state index in [0.717, 1.165) is 6.42 Å². The zero-order valence-electron chi connectivity index (χ0n) is 15.5. The maximum atomic E-state index is 12.8. The van der Waals surface area contributed by atoms with Crippen molar-refractivity contribution < 1.29 is 14.3 Å². The molecule has 9 heteroatoms. The standard InChI is InChI=1S/C18H24N4O4S/c1-13(23)19-9-10-22-17(25)14-6-3-4-7-15(14)21-18(22)27-12-16(24)20-8-5-11-26-2/h3-4,6-7H,5,8-12H2,1-2H3,(H,19,23)(H,20,24). The molecule has 27 heavy (non-hydrogen) atoms. The van der Waals surface area contributed by atoms with Gasteiger partial charge in [0.2, 0.25) is 11.8 Å². The smallest absolute Gasteiger partial charge is 0.262 e. The van der Waals surface area contributed by atoms with Gasteiger partial charge in [-0.3, -0.25) is 19.0 Å². The van der Waals surface area contributed by atoms with Crippen LogP contribution in [0, 0.1) is 0 Å². The molecule has 8 nitrogen and oxygen atoms in total. The van der Waals surface area contributed by atoms with Crippen LogP contribution in [-0.4, -0.2) is 53.9 Å². The number of aromatic nitrogens is 2. The molecular weight excluding hydrogens is 368 g/mol. The molecule has 2 N–H and O–H groups in total. The minimum absolute atomic E-state index is 0.132. The summed E-state index contributed by atoms with van der Waals surface area (Å²) in [6.07, 6.45) is 0.739. The number of carbonyl (C=O) groups is 2. The van der Waals surface area contributed by atoms with Gasteiger partial charge in [0.25, 0.3) is 5.56 Å². The van der Waals surface area contributed by atoms with Crippen LogP contribution in [0.3, 0.4) is 0 Å². The molecule has 0 fully saturated rings. The quantitative estimate of drug-likeness (QED) is 0.352. The summed E-state index contributed by atoms with van der Waals surface area (Å²) in [7, 11) is 1.61. The van der Waals surface area contributed by atoms with E-state index in [1.165, 1.54) is 23.3 Å². The number of benzene rings is 1. The lowest BCUT2D eigenvalue weighted by atomic mass is 10.2. The van der Waals surface area contributed by atoms with Crippen molar-refractivity contribution in [1.82, 2.24) is 20.2 Å². The Morgan fingerprint density at radius 2 is 2.00 bits per heavy atom. The Bertz CT molecular complexity index is 853. The van der Waals surface area contributed by atoms with E-state index in [1.54, 1.807) is 25.3 Å². The molecule has 1 aromatic heterocycles. The highest BCUT2D eigenvalue weighted by Gasteiger charge is 2.13. The van der Waals surface area contributed by atoms with Crippen LogP contribution >= 0.6 is 11.8 Å². The molecule has 0 atom stereocenters. The molecule has 0 spiro atoms. The van der Waals surface area contributed by atoms with Gasteiger partial charge >= 0.3 is 0 Å². The summed E-state index contributed by atoms with van der Waals surface area (Å²) in [6.45, 7) is 3.14. The second kappa shape index (κ2) is 10.7. The van der Waals surface area contributed by atoms with Gasteiger partial charge in [-0.15, -0.1) is 0 Å². The van der Waals surface area contributed by atoms with E-state index < -0.39 is 0 Å². The number of hydrogen-bond acceptors (Lipinski definition) is 6. The van der Waals surface area contributed by atoms with Crippen molar-refractivity contribution in [3.63, 3.8) is 0 Å². The number of nitrogens with zero attached hydrogens (tertiary/aromatic N) is 2. The van der Waals surface area contributed by atoms with Crippen molar-refractivity contribution in [1.29, 1.82) is 0 Å². The summed E-state index contributed by atoms with van der Waals surface area (Å²) in [5.41, 5.74) is 0.398. The van der Waals surface area contributed by atoms with E-state index in [-0.39, 0.29) is 29.7 Å². The zero-order valence-corrected chi connectivity index (χ0v) is 16.3. The molecule has 146 valence electrons. The van der Waals surface area contributed by atoms with Gasteiger partial charge in [0.1, 0.15) is 0 Å². The predicted octanol–water partition coefficient (Wildman–Crippen LogP) is 0.777. The fourth-order valence-corrected chi connectivity index (χ4v) is 3.28. The van der Waals surface area contributed by atoms with Gasteiger partial charge in [-0.2, -0.15) is 0 Å². The largest absolute Gasteiger partial charge is 0.385 e. The van der Waals surface area contributed by atoms with Crippen LogP contribution in [0.2, 0.25) is 0 Å². The van der Waals surface area contributed by atoms with Gasteiger partial charge < -0.3 is 15.4 Å². The molecule has 1 heterocycles. The Hall–Kier alpha value is -2.39. The molecule has 0 bridgehead atoms. The lowest BCUT2D eigenvalue weighted by Gasteiger charge is -2.13. The van der Waals surface area contributed by atoms with Crippen LogP contribution in [-0.2, 0) is 20.9 Å². The second-order valence-electron chi connectivity index (χ2n) is 5.84. The second-order valence-corrected chi connectivity index (χ2v) is 6.78. The highest BCUT2D eigenvalue weighted by atomic mass is 32.2. The molecule has 0 aliphatic rings. The minimum Gasteiger partial charge on any atom is -0.385 e. The lowest BCUT2D eigenvalue weighted by molar-refractivity contribution is -0.119. The first-order valence-corrected chi connectivity index (χ1v) is 9.64. The average molecular weight is 392 g/mol. The molecule has 2 aromatic rings. The molecule has 0 saturated carbocycles. The first-order valence-electron chi connectivity index (χ1n) is 8.65. The number of carbonyl (C=O) groups excluding carboxylic acids is 2. The molecule has 0 aliphatic heterocycles. The van der Waals surface area contributed by atoms with E-state index in [4.69, 9.17) is 4.74 Å².